The van der Waals surface area contributed by atoms with Crippen molar-refractivity contribution in [3.63, 3.8) is 0 Å². The highest BCUT2D eigenvalue weighted by atomic mass is 16.5. The van der Waals surface area contributed by atoms with E-state index < -0.39 is 0 Å². The first-order chi connectivity index (χ1) is 11.5. The topological polar surface area (TPSA) is 65.7 Å². The van der Waals surface area contributed by atoms with Gasteiger partial charge in [-0.15, -0.1) is 0 Å². The molecule has 0 radical (unpaired) electrons. The van der Waals surface area contributed by atoms with Gasteiger partial charge in [-0.05, 0) is 23.6 Å². The third kappa shape index (κ3) is 5.01. The SMILES string of the molecule is CN=C(NCc1cccc(N(C)C)c1)NCc1cc(C(C)C)no1. The van der Waals surface area contributed by atoms with Crippen molar-refractivity contribution in [1.29, 1.82) is 0 Å². The second-order valence-corrected chi connectivity index (χ2v) is 6.22. The van der Waals surface area contributed by atoms with Gasteiger partial charge in [0, 0.05) is 39.4 Å². The molecule has 0 unspecified atom stereocenters. The van der Waals surface area contributed by atoms with Gasteiger partial charge < -0.3 is 20.1 Å². The molecule has 0 atom stereocenters. The summed E-state index contributed by atoms with van der Waals surface area (Å²) in [6.07, 6.45) is 0. The maximum atomic E-state index is 5.32. The highest BCUT2D eigenvalue weighted by Crippen LogP contribution is 2.14. The Bertz CT molecular complexity index is 676. The fourth-order valence-electron chi connectivity index (χ4n) is 2.21. The van der Waals surface area contributed by atoms with Crippen LogP contribution in [0.25, 0.3) is 0 Å². The van der Waals surface area contributed by atoms with Crippen LogP contribution in [0.2, 0.25) is 0 Å². The normalized spacial score (nSPS) is 11.7. The molecule has 6 nitrogen and oxygen atoms in total. The van der Waals surface area contributed by atoms with Crippen molar-refractivity contribution in [2.45, 2.75) is 32.9 Å². The van der Waals surface area contributed by atoms with Crippen LogP contribution in [0.15, 0.2) is 39.8 Å². The average Bonchev–Trinajstić information content (AvgIpc) is 3.04. The highest BCUT2D eigenvalue weighted by molar-refractivity contribution is 5.79. The first kappa shape index (κ1) is 17.8. The van der Waals surface area contributed by atoms with E-state index in [4.69, 9.17) is 4.52 Å². The summed E-state index contributed by atoms with van der Waals surface area (Å²) < 4.78 is 5.32. The third-order valence-electron chi connectivity index (χ3n) is 3.71. The summed E-state index contributed by atoms with van der Waals surface area (Å²) >= 11 is 0. The van der Waals surface area contributed by atoms with Crippen molar-refractivity contribution >= 4 is 11.6 Å². The molecule has 0 bridgehead atoms. The number of anilines is 1. The van der Waals surface area contributed by atoms with E-state index in [0.717, 1.165) is 17.4 Å². The Morgan fingerprint density at radius 2 is 1.96 bits per heavy atom. The summed E-state index contributed by atoms with van der Waals surface area (Å²) in [6, 6.07) is 10.4. The minimum atomic E-state index is 0.365. The molecule has 0 aliphatic carbocycles. The number of nitrogens with zero attached hydrogens (tertiary/aromatic N) is 3. The molecule has 0 aliphatic rings. The molecule has 2 N–H and O–H groups in total. The van der Waals surface area contributed by atoms with Gasteiger partial charge in [0.05, 0.1) is 12.2 Å². The number of nitrogens with one attached hydrogen (secondary N) is 2. The standard InChI is InChI=1S/C18H27N5O/c1-13(2)17-10-16(24-22-17)12-21-18(19-3)20-11-14-7-6-8-15(9-14)23(4)5/h6-10,13H,11-12H2,1-5H3,(H2,19,20,21). The smallest absolute Gasteiger partial charge is 0.191 e. The van der Waals surface area contributed by atoms with Gasteiger partial charge in [0.25, 0.3) is 0 Å². The van der Waals surface area contributed by atoms with E-state index in [1.54, 1.807) is 7.05 Å². The molecule has 6 heteroatoms. The molecular formula is C18H27N5O. The molecule has 0 saturated heterocycles. The van der Waals surface area contributed by atoms with Gasteiger partial charge in [-0.25, -0.2) is 0 Å². The second kappa shape index (κ2) is 8.38. The van der Waals surface area contributed by atoms with E-state index in [0.29, 0.717) is 19.0 Å². The number of aliphatic imine (C=N–C) groups is 1. The summed E-state index contributed by atoms with van der Waals surface area (Å²) in [5.41, 5.74) is 3.35. The van der Waals surface area contributed by atoms with E-state index in [2.05, 4.69) is 63.8 Å². The van der Waals surface area contributed by atoms with E-state index in [1.807, 2.05) is 20.2 Å². The zero-order chi connectivity index (χ0) is 17.5. The van der Waals surface area contributed by atoms with Crippen molar-refractivity contribution in [1.82, 2.24) is 15.8 Å². The average molecular weight is 329 g/mol. The second-order valence-electron chi connectivity index (χ2n) is 6.22. The number of hydrogen-bond acceptors (Lipinski definition) is 4. The fourth-order valence-corrected chi connectivity index (χ4v) is 2.21. The molecule has 1 aromatic heterocycles. The fraction of sp³-hybridized carbons (Fsp3) is 0.444. The van der Waals surface area contributed by atoms with Crippen LogP contribution >= 0.6 is 0 Å². The summed E-state index contributed by atoms with van der Waals surface area (Å²) in [7, 11) is 5.83. The van der Waals surface area contributed by atoms with Crippen LogP contribution in [0.5, 0.6) is 0 Å². The Kier molecular flexibility index (Phi) is 6.23. The predicted molar refractivity (Wildman–Crippen MR) is 98.4 cm³/mol. The number of hydrogen-bond donors (Lipinski definition) is 2. The molecule has 1 aromatic carbocycles. The monoisotopic (exact) mass is 329 g/mol. The molecule has 0 fully saturated rings. The van der Waals surface area contributed by atoms with Crippen molar-refractivity contribution in [3.8, 4) is 0 Å². The first-order valence-corrected chi connectivity index (χ1v) is 8.16. The molecule has 0 spiro atoms. The van der Waals surface area contributed by atoms with Gasteiger partial charge in [-0.1, -0.05) is 31.1 Å². The molecule has 130 valence electrons. The Hall–Kier alpha value is -2.50. The number of aromatic nitrogens is 1. The maximum Gasteiger partial charge on any atom is 0.191 e. The van der Waals surface area contributed by atoms with Crippen LogP contribution in [-0.2, 0) is 13.1 Å². The first-order valence-electron chi connectivity index (χ1n) is 8.16. The van der Waals surface area contributed by atoms with Gasteiger partial charge in [0.1, 0.15) is 0 Å². The number of benzene rings is 1. The van der Waals surface area contributed by atoms with Gasteiger partial charge in [-0.2, -0.15) is 0 Å². The molecule has 0 aliphatic heterocycles. The zero-order valence-electron chi connectivity index (χ0n) is 15.1. The van der Waals surface area contributed by atoms with Crippen molar-refractivity contribution in [2.24, 2.45) is 4.99 Å². The van der Waals surface area contributed by atoms with Gasteiger partial charge in [-0.3, -0.25) is 4.99 Å². The lowest BCUT2D eigenvalue weighted by molar-refractivity contribution is 0.372. The Morgan fingerprint density at radius 1 is 1.21 bits per heavy atom. The lowest BCUT2D eigenvalue weighted by Crippen LogP contribution is -2.36. The zero-order valence-corrected chi connectivity index (χ0v) is 15.1. The third-order valence-corrected chi connectivity index (χ3v) is 3.71. The molecule has 2 aromatic rings. The van der Waals surface area contributed by atoms with Crippen LogP contribution < -0.4 is 15.5 Å². The van der Waals surface area contributed by atoms with Crippen LogP contribution in [0, 0.1) is 0 Å². The number of rotatable bonds is 6. The van der Waals surface area contributed by atoms with Gasteiger partial charge in [0.15, 0.2) is 11.7 Å². The Balaban J connectivity index is 1.87. The predicted octanol–water partition coefficient (Wildman–Crippen LogP) is 2.73. The molecule has 24 heavy (non-hydrogen) atoms. The molecular weight excluding hydrogens is 302 g/mol. The summed E-state index contributed by atoms with van der Waals surface area (Å²) in [5, 5.41) is 10.6. The number of guanidine groups is 1. The quantitative estimate of drug-likeness (QED) is 0.630. The lowest BCUT2D eigenvalue weighted by Gasteiger charge is -2.15. The molecule has 0 amide bonds. The Labute approximate surface area is 143 Å². The maximum absolute atomic E-state index is 5.32. The minimum absolute atomic E-state index is 0.365. The van der Waals surface area contributed by atoms with E-state index in [9.17, 15) is 0 Å². The van der Waals surface area contributed by atoms with Crippen LogP contribution in [0.4, 0.5) is 5.69 Å². The largest absolute Gasteiger partial charge is 0.378 e. The molecule has 0 saturated carbocycles. The molecule has 1 heterocycles. The van der Waals surface area contributed by atoms with Crippen LogP contribution in [-0.4, -0.2) is 32.3 Å². The van der Waals surface area contributed by atoms with Crippen molar-refractivity contribution < 1.29 is 4.52 Å². The van der Waals surface area contributed by atoms with Crippen LogP contribution in [0.3, 0.4) is 0 Å². The minimum Gasteiger partial charge on any atom is -0.378 e. The van der Waals surface area contributed by atoms with E-state index in [-0.39, 0.29) is 0 Å². The van der Waals surface area contributed by atoms with Crippen LogP contribution in [0.1, 0.15) is 36.8 Å². The Morgan fingerprint density at radius 3 is 2.58 bits per heavy atom. The van der Waals surface area contributed by atoms with E-state index >= 15 is 0 Å². The highest BCUT2D eigenvalue weighted by Gasteiger charge is 2.08. The summed E-state index contributed by atoms with van der Waals surface area (Å²) in [5.74, 6) is 1.90. The summed E-state index contributed by atoms with van der Waals surface area (Å²) in [4.78, 5) is 6.33. The summed E-state index contributed by atoms with van der Waals surface area (Å²) in [6.45, 7) is 5.45. The lowest BCUT2D eigenvalue weighted by atomic mass is 10.1. The van der Waals surface area contributed by atoms with Crippen molar-refractivity contribution in [3.05, 3.63) is 47.3 Å². The van der Waals surface area contributed by atoms with Gasteiger partial charge >= 0.3 is 0 Å². The molecule has 2 rings (SSSR count). The van der Waals surface area contributed by atoms with Crippen molar-refractivity contribution in [2.75, 3.05) is 26.0 Å². The van der Waals surface area contributed by atoms with Gasteiger partial charge in [0.2, 0.25) is 0 Å². The van der Waals surface area contributed by atoms with E-state index in [1.165, 1.54) is 11.3 Å².